The summed E-state index contributed by atoms with van der Waals surface area (Å²) in [6.07, 6.45) is 3.97. The SMILES string of the molecule is O=C(NC(Cc1c[nH]c2ccccc12)C(=O)N1CCN(c2ccc(Cl)cn2)CC1)c1cccs1. The Bertz CT molecular complexity index is 1280. The van der Waals surface area contributed by atoms with E-state index in [1.807, 2.05) is 58.9 Å². The van der Waals surface area contributed by atoms with Crippen molar-refractivity contribution < 1.29 is 9.59 Å². The number of piperazine rings is 1. The van der Waals surface area contributed by atoms with Crippen LogP contribution in [0.1, 0.15) is 15.2 Å². The normalized spacial score (nSPS) is 14.9. The molecule has 4 aromatic rings. The van der Waals surface area contributed by atoms with E-state index in [0.717, 1.165) is 22.3 Å². The van der Waals surface area contributed by atoms with Crippen molar-refractivity contribution in [3.8, 4) is 0 Å². The van der Waals surface area contributed by atoms with Gasteiger partial charge in [0.05, 0.1) is 9.90 Å². The van der Waals surface area contributed by atoms with Crippen LogP contribution in [0.5, 0.6) is 0 Å². The minimum absolute atomic E-state index is 0.0705. The van der Waals surface area contributed by atoms with Crippen LogP contribution >= 0.6 is 22.9 Å². The smallest absolute Gasteiger partial charge is 0.262 e. The first-order chi connectivity index (χ1) is 16.6. The molecule has 1 aliphatic heterocycles. The summed E-state index contributed by atoms with van der Waals surface area (Å²) in [5.41, 5.74) is 2.02. The zero-order valence-electron chi connectivity index (χ0n) is 18.4. The van der Waals surface area contributed by atoms with Gasteiger partial charge in [-0.3, -0.25) is 9.59 Å². The molecule has 5 rings (SSSR count). The van der Waals surface area contributed by atoms with Gasteiger partial charge >= 0.3 is 0 Å². The molecule has 3 aromatic heterocycles. The van der Waals surface area contributed by atoms with Gasteiger partial charge in [0.2, 0.25) is 5.91 Å². The van der Waals surface area contributed by atoms with E-state index >= 15 is 0 Å². The number of halogens is 1. The average Bonchev–Trinajstić information content (AvgIpc) is 3.55. The van der Waals surface area contributed by atoms with E-state index in [4.69, 9.17) is 11.6 Å². The van der Waals surface area contributed by atoms with E-state index in [-0.39, 0.29) is 11.8 Å². The molecule has 0 bridgehead atoms. The van der Waals surface area contributed by atoms with Crippen LogP contribution in [0, 0.1) is 0 Å². The number of fused-ring (bicyclic) bond motifs is 1. The predicted molar refractivity (Wildman–Crippen MR) is 136 cm³/mol. The van der Waals surface area contributed by atoms with Crippen molar-refractivity contribution in [1.82, 2.24) is 20.2 Å². The first-order valence-corrected chi connectivity index (χ1v) is 12.4. The van der Waals surface area contributed by atoms with Crippen LogP contribution in [-0.2, 0) is 11.2 Å². The third-order valence-electron chi connectivity index (χ3n) is 6.07. The van der Waals surface area contributed by atoms with Crippen LogP contribution in [0.2, 0.25) is 5.02 Å². The molecule has 34 heavy (non-hydrogen) atoms. The lowest BCUT2D eigenvalue weighted by atomic mass is 10.0. The molecule has 2 amide bonds. The second-order valence-electron chi connectivity index (χ2n) is 8.21. The summed E-state index contributed by atoms with van der Waals surface area (Å²) in [5, 5.41) is 6.51. The van der Waals surface area contributed by atoms with E-state index in [2.05, 4.69) is 20.2 Å². The number of anilines is 1. The number of H-pyrrole nitrogens is 1. The molecule has 1 unspecified atom stereocenters. The molecular formula is C25H24ClN5O2S. The van der Waals surface area contributed by atoms with Gasteiger partial charge in [0, 0.05) is 55.9 Å². The summed E-state index contributed by atoms with van der Waals surface area (Å²) in [5.74, 6) is 0.550. The highest BCUT2D eigenvalue weighted by atomic mass is 35.5. The highest BCUT2D eigenvalue weighted by Crippen LogP contribution is 2.21. The van der Waals surface area contributed by atoms with Crippen molar-refractivity contribution in [2.75, 3.05) is 31.1 Å². The predicted octanol–water partition coefficient (Wildman–Crippen LogP) is 3.97. The number of thiophene rings is 1. The number of rotatable bonds is 6. The molecule has 1 fully saturated rings. The number of pyridine rings is 1. The zero-order valence-corrected chi connectivity index (χ0v) is 20.0. The van der Waals surface area contributed by atoms with Crippen LogP contribution in [-0.4, -0.2) is 58.9 Å². The molecule has 174 valence electrons. The van der Waals surface area contributed by atoms with Gasteiger partial charge in [-0.25, -0.2) is 4.98 Å². The molecule has 9 heteroatoms. The quantitative estimate of drug-likeness (QED) is 0.426. The Morgan fingerprint density at radius 1 is 1.09 bits per heavy atom. The third kappa shape index (κ3) is 4.78. The average molecular weight is 494 g/mol. The molecule has 0 aliphatic carbocycles. The molecule has 1 atom stereocenters. The van der Waals surface area contributed by atoms with Gasteiger partial charge in [0.15, 0.2) is 0 Å². The molecule has 0 spiro atoms. The third-order valence-corrected chi connectivity index (χ3v) is 7.17. The van der Waals surface area contributed by atoms with Gasteiger partial charge in [0.25, 0.3) is 5.91 Å². The van der Waals surface area contributed by atoms with E-state index in [1.54, 1.807) is 12.3 Å². The molecule has 1 aromatic carbocycles. The maximum absolute atomic E-state index is 13.6. The van der Waals surface area contributed by atoms with Crippen molar-refractivity contribution in [2.24, 2.45) is 0 Å². The molecule has 7 nitrogen and oxygen atoms in total. The van der Waals surface area contributed by atoms with Crippen LogP contribution in [0.15, 0.2) is 66.3 Å². The minimum atomic E-state index is -0.658. The number of para-hydroxylation sites is 1. The second-order valence-corrected chi connectivity index (χ2v) is 9.60. The summed E-state index contributed by atoms with van der Waals surface area (Å²) in [6.45, 7) is 2.45. The van der Waals surface area contributed by atoms with E-state index in [1.165, 1.54) is 11.3 Å². The molecule has 0 radical (unpaired) electrons. The number of benzene rings is 1. The maximum Gasteiger partial charge on any atom is 0.262 e. The lowest BCUT2D eigenvalue weighted by Gasteiger charge is -2.37. The topological polar surface area (TPSA) is 81.3 Å². The number of hydrogen-bond acceptors (Lipinski definition) is 5. The number of amides is 2. The van der Waals surface area contributed by atoms with Gasteiger partial charge in [0.1, 0.15) is 11.9 Å². The summed E-state index contributed by atoms with van der Waals surface area (Å²) in [4.78, 5) is 38.7. The van der Waals surface area contributed by atoms with Crippen molar-refractivity contribution in [3.63, 3.8) is 0 Å². The minimum Gasteiger partial charge on any atom is -0.361 e. The Labute approximate surface area is 206 Å². The standard InChI is InChI=1S/C25H24ClN5O2S/c26-18-7-8-23(28-16-18)30-9-11-31(12-10-30)25(33)21(29-24(32)22-6-3-13-34-22)14-17-15-27-20-5-2-1-4-19(17)20/h1-8,13,15-16,21,27H,9-12,14H2,(H,29,32). The highest BCUT2D eigenvalue weighted by molar-refractivity contribution is 7.12. The number of nitrogens with zero attached hydrogens (tertiary/aromatic N) is 3. The Kier molecular flexibility index (Phi) is 6.51. The Hall–Kier alpha value is -3.36. The monoisotopic (exact) mass is 493 g/mol. The van der Waals surface area contributed by atoms with Crippen LogP contribution in [0.3, 0.4) is 0 Å². The van der Waals surface area contributed by atoms with E-state index < -0.39 is 6.04 Å². The van der Waals surface area contributed by atoms with Gasteiger partial charge in [-0.05, 0) is 35.2 Å². The molecule has 1 saturated heterocycles. The van der Waals surface area contributed by atoms with Crippen LogP contribution in [0.4, 0.5) is 5.82 Å². The lowest BCUT2D eigenvalue weighted by Crippen LogP contribution is -2.55. The molecule has 4 heterocycles. The van der Waals surface area contributed by atoms with Crippen LogP contribution < -0.4 is 10.2 Å². The number of aromatic amines is 1. The number of nitrogens with one attached hydrogen (secondary N) is 2. The first kappa shape index (κ1) is 22.4. The fraction of sp³-hybridized carbons (Fsp3) is 0.240. The number of carbonyl (C=O) groups is 2. The van der Waals surface area contributed by atoms with E-state index in [0.29, 0.717) is 42.5 Å². The number of carbonyl (C=O) groups excluding carboxylic acids is 2. The molecule has 1 aliphatic rings. The fourth-order valence-corrected chi connectivity index (χ4v) is 5.03. The van der Waals surface area contributed by atoms with Gasteiger partial charge in [-0.2, -0.15) is 0 Å². The van der Waals surface area contributed by atoms with Crippen molar-refractivity contribution in [1.29, 1.82) is 0 Å². The number of hydrogen-bond donors (Lipinski definition) is 2. The summed E-state index contributed by atoms with van der Waals surface area (Å²) >= 11 is 7.32. The molecular weight excluding hydrogens is 470 g/mol. The largest absolute Gasteiger partial charge is 0.361 e. The lowest BCUT2D eigenvalue weighted by molar-refractivity contribution is -0.133. The second kappa shape index (κ2) is 9.87. The van der Waals surface area contributed by atoms with Crippen molar-refractivity contribution in [3.05, 3.63) is 81.8 Å². The molecule has 0 saturated carbocycles. The van der Waals surface area contributed by atoms with Gasteiger partial charge in [-0.1, -0.05) is 35.9 Å². The van der Waals surface area contributed by atoms with Gasteiger partial charge < -0.3 is 20.1 Å². The molecule has 2 N–H and O–H groups in total. The fourth-order valence-electron chi connectivity index (χ4n) is 4.29. The Morgan fingerprint density at radius 3 is 2.65 bits per heavy atom. The highest BCUT2D eigenvalue weighted by Gasteiger charge is 2.30. The van der Waals surface area contributed by atoms with Crippen molar-refractivity contribution in [2.45, 2.75) is 12.5 Å². The Morgan fingerprint density at radius 2 is 1.91 bits per heavy atom. The number of aromatic nitrogens is 2. The van der Waals surface area contributed by atoms with Crippen molar-refractivity contribution >= 4 is 51.5 Å². The summed E-state index contributed by atoms with van der Waals surface area (Å²) in [6, 6.07) is 14.6. The van der Waals surface area contributed by atoms with Gasteiger partial charge in [-0.15, -0.1) is 11.3 Å². The first-order valence-electron chi connectivity index (χ1n) is 11.1. The maximum atomic E-state index is 13.6. The van der Waals surface area contributed by atoms with Crippen LogP contribution in [0.25, 0.3) is 10.9 Å². The summed E-state index contributed by atoms with van der Waals surface area (Å²) < 4.78 is 0. The zero-order chi connectivity index (χ0) is 23.5. The summed E-state index contributed by atoms with van der Waals surface area (Å²) in [7, 11) is 0. The Balaban J connectivity index is 1.32. The van der Waals surface area contributed by atoms with E-state index in [9.17, 15) is 9.59 Å².